The zero-order chi connectivity index (χ0) is 14.7. The van der Waals surface area contributed by atoms with E-state index in [1.807, 2.05) is 0 Å². The van der Waals surface area contributed by atoms with Crippen molar-refractivity contribution in [3.05, 3.63) is 35.9 Å². The standard InChI is InChI=1S/C10H10F3NO4S/c1-18-9(15)8(7-5-3-2-4-6-7)14-19(16,17)10(11,12)13/h2-6,8,14H,1H3/t8-/m1/s1. The van der Waals surface area contributed by atoms with E-state index in [0.29, 0.717) is 0 Å². The van der Waals surface area contributed by atoms with Gasteiger partial charge in [-0.2, -0.15) is 17.9 Å². The van der Waals surface area contributed by atoms with Crippen LogP contribution in [0.5, 0.6) is 0 Å². The van der Waals surface area contributed by atoms with Crippen LogP contribution in [0.1, 0.15) is 11.6 Å². The van der Waals surface area contributed by atoms with Crippen molar-refractivity contribution in [3.8, 4) is 0 Å². The number of nitrogens with one attached hydrogen (secondary N) is 1. The third kappa shape index (κ3) is 3.67. The molecule has 19 heavy (non-hydrogen) atoms. The molecular formula is C10H10F3NO4S. The average molecular weight is 297 g/mol. The zero-order valence-electron chi connectivity index (χ0n) is 9.64. The molecule has 0 aliphatic rings. The second-order valence-electron chi connectivity index (χ2n) is 3.43. The number of hydrogen-bond donors (Lipinski definition) is 1. The fourth-order valence-electron chi connectivity index (χ4n) is 1.24. The summed E-state index contributed by atoms with van der Waals surface area (Å²) >= 11 is 0. The number of hydrogen-bond acceptors (Lipinski definition) is 4. The molecule has 0 heterocycles. The molecule has 1 N–H and O–H groups in total. The summed E-state index contributed by atoms with van der Waals surface area (Å²) < 4.78 is 64.4. The number of carbonyl (C=O) groups excluding carboxylic acids is 1. The Labute approximate surface area is 107 Å². The lowest BCUT2D eigenvalue weighted by atomic mass is 10.1. The monoisotopic (exact) mass is 297 g/mol. The lowest BCUT2D eigenvalue weighted by Crippen LogP contribution is -2.41. The van der Waals surface area contributed by atoms with E-state index in [1.54, 1.807) is 6.07 Å². The van der Waals surface area contributed by atoms with Crippen molar-refractivity contribution in [3.63, 3.8) is 0 Å². The van der Waals surface area contributed by atoms with Crippen LogP contribution in [-0.4, -0.2) is 27.0 Å². The first-order chi connectivity index (χ1) is 8.69. The fourth-order valence-corrected chi connectivity index (χ4v) is 1.91. The van der Waals surface area contributed by atoms with Crippen LogP contribution in [-0.2, 0) is 19.6 Å². The molecule has 0 unspecified atom stereocenters. The van der Waals surface area contributed by atoms with Gasteiger partial charge in [-0.15, -0.1) is 0 Å². The molecule has 106 valence electrons. The molecule has 0 fully saturated rings. The maximum Gasteiger partial charge on any atom is 0.511 e. The highest BCUT2D eigenvalue weighted by molar-refractivity contribution is 7.90. The highest BCUT2D eigenvalue weighted by Crippen LogP contribution is 2.25. The van der Waals surface area contributed by atoms with Gasteiger partial charge in [0.15, 0.2) is 0 Å². The Bertz CT molecular complexity index is 542. The van der Waals surface area contributed by atoms with E-state index in [1.165, 1.54) is 29.0 Å². The molecule has 5 nitrogen and oxygen atoms in total. The summed E-state index contributed by atoms with van der Waals surface area (Å²) in [5.74, 6) is -1.14. The van der Waals surface area contributed by atoms with Crippen molar-refractivity contribution in [2.24, 2.45) is 0 Å². The van der Waals surface area contributed by atoms with E-state index in [4.69, 9.17) is 0 Å². The Kier molecular flexibility index (Phi) is 4.53. The van der Waals surface area contributed by atoms with Gasteiger partial charge in [0.25, 0.3) is 0 Å². The van der Waals surface area contributed by atoms with E-state index in [-0.39, 0.29) is 5.56 Å². The molecule has 1 rings (SSSR count). The van der Waals surface area contributed by atoms with E-state index >= 15 is 0 Å². The first kappa shape index (κ1) is 15.4. The maximum absolute atomic E-state index is 12.3. The summed E-state index contributed by atoms with van der Waals surface area (Å²) in [6, 6.07) is 5.33. The molecule has 1 aromatic carbocycles. The Balaban J connectivity index is 3.12. The Morgan fingerprint density at radius 1 is 1.26 bits per heavy atom. The molecule has 0 saturated heterocycles. The van der Waals surface area contributed by atoms with Gasteiger partial charge in [-0.3, -0.25) is 0 Å². The van der Waals surface area contributed by atoms with E-state index < -0.39 is 27.5 Å². The SMILES string of the molecule is COC(=O)[C@H](NS(=O)(=O)C(F)(F)F)c1ccccc1. The molecular weight excluding hydrogens is 287 g/mol. The van der Waals surface area contributed by atoms with Crippen molar-refractivity contribution in [2.75, 3.05) is 7.11 Å². The van der Waals surface area contributed by atoms with Crippen LogP contribution in [0.15, 0.2) is 30.3 Å². The predicted octanol–water partition coefficient (Wildman–Crippen LogP) is 1.34. The topological polar surface area (TPSA) is 72.5 Å². The summed E-state index contributed by atoms with van der Waals surface area (Å²) in [6.07, 6.45) is 0. The molecule has 9 heteroatoms. The minimum atomic E-state index is -5.65. The minimum Gasteiger partial charge on any atom is -0.468 e. The van der Waals surface area contributed by atoms with Crippen molar-refractivity contribution in [1.82, 2.24) is 4.72 Å². The third-order valence-corrected chi connectivity index (χ3v) is 3.30. The molecule has 0 bridgehead atoms. The highest BCUT2D eigenvalue weighted by Gasteiger charge is 2.48. The van der Waals surface area contributed by atoms with Crippen LogP contribution < -0.4 is 4.72 Å². The number of methoxy groups -OCH3 is 1. The number of ether oxygens (including phenoxy) is 1. The summed E-state index contributed by atoms with van der Waals surface area (Å²) in [4.78, 5) is 11.4. The largest absolute Gasteiger partial charge is 0.511 e. The maximum atomic E-state index is 12.3. The molecule has 0 saturated carbocycles. The molecule has 0 aromatic heterocycles. The Hall–Kier alpha value is -1.61. The van der Waals surface area contributed by atoms with Crippen LogP contribution >= 0.6 is 0 Å². The highest BCUT2D eigenvalue weighted by atomic mass is 32.2. The van der Waals surface area contributed by atoms with Crippen LogP contribution in [0.2, 0.25) is 0 Å². The minimum absolute atomic E-state index is 0.0437. The van der Waals surface area contributed by atoms with Gasteiger partial charge in [0.1, 0.15) is 6.04 Å². The summed E-state index contributed by atoms with van der Waals surface area (Å²) in [5, 5.41) is 0. The summed E-state index contributed by atoms with van der Waals surface area (Å²) in [6.45, 7) is 0. The molecule has 0 spiro atoms. The van der Waals surface area contributed by atoms with Crippen molar-refractivity contribution in [1.29, 1.82) is 0 Å². The van der Waals surface area contributed by atoms with E-state index in [0.717, 1.165) is 7.11 Å². The van der Waals surface area contributed by atoms with Crippen molar-refractivity contribution >= 4 is 16.0 Å². The van der Waals surface area contributed by atoms with Crippen LogP contribution in [0.3, 0.4) is 0 Å². The lowest BCUT2D eigenvalue weighted by molar-refractivity contribution is -0.142. The smallest absolute Gasteiger partial charge is 0.468 e. The molecule has 1 aromatic rings. The van der Waals surface area contributed by atoms with Gasteiger partial charge in [-0.1, -0.05) is 30.3 Å². The van der Waals surface area contributed by atoms with Crippen LogP contribution in [0.25, 0.3) is 0 Å². The number of alkyl halides is 3. The number of carbonyl (C=O) groups is 1. The predicted molar refractivity (Wildman–Crippen MR) is 59.3 cm³/mol. The van der Waals surface area contributed by atoms with Gasteiger partial charge in [0.05, 0.1) is 7.11 Å². The summed E-state index contributed by atoms with van der Waals surface area (Å²) in [5.41, 5.74) is -5.46. The number of halogens is 3. The number of rotatable bonds is 4. The molecule has 0 aliphatic carbocycles. The molecule has 1 atom stereocenters. The quantitative estimate of drug-likeness (QED) is 0.851. The second kappa shape index (κ2) is 5.57. The zero-order valence-corrected chi connectivity index (χ0v) is 10.5. The lowest BCUT2D eigenvalue weighted by Gasteiger charge is -2.17. The normalized spacial score (nSPS) is 13.9. The van der Waals surface area contributed by atoms with E-state index in [9.17, 15) is 26.4 Å². The Morgan fingerprint density at radius 2 is 1.79 bits per heavy atom. The molecule has 0 radical (unpaired) electrons. The second-order valence-corrected chi connectivity index (χ2v) is 5.14. The van der Waals surface area contributed by atoms with Crippen LogP contribution in [0.4, 0.5) is 13.2 Å². The van der Waals surface area contributed by atoms with Crippen molar-refractivity contribution < 1.29 is 31.1 Å². The number of esters is 1. The molecule has 0 aliphatic heterocycles. The van der Waals surface area contributed by atoms with E-state index in [2.05, 4.69) is 4.74 Å². The molecule has 0 amide bonds. The van der Waals surface area contributed by atoms with Gasteiger partial charge < -0.3 is 4.74 Å². The van der Waals surface area contributed by atoms with Crippen molar-refractivity contribution in [2.45, 2.75) is 11.6 Å². The number of benzene rings is 1. The first-order valence-electron chi connectivity index (χ1n) is 4.90. The number of sulfonamides is 1. The van der Waals surface area contributed by atoms with Crippen LogP contribution in [0, 0.1) is 0 Å². The van der Waals surface area contributed by atoms with Gasteiger partial charge >= 0.3 is 21.5 Å². The summed E-state index contributed by atoms with van der Waals surface area (Å²) in [7, 11) is -4.71. The first-order valence-corrected chi connectivity index (χ1v) is 6.38. The average Bonchev–Trinajstić information content (AvgIpc) is 2.35. The third-order valence-electron chi connectivity index (χ3n) is 2.15. The van der Waals surface area contributed by atoms with Gasteiger partial charge in [-0.05, 0) is 5.56 Å². The fraction of sp³-hybridized carbons (Fsp3) is 0.300. The van der Waals surface area contributed by atoms with Gasteiger partial charge in [0, 0.05) is 0 Å². The Morgan fingerprint density at radius 3 is 2.21 bits per heavy atom. The van der Waals surface area contributed by atoms with Gasteiger partial charge in [-0.25, -0.2) is 13.2 Å². The van der Waals surface area contributed by atoms with Gasteiger partial charge in [0.2, 0.25) is 0 Å².